The number of hydrogen-bond acceptors (Lipinski definition) is 2. The summed E-state index contributed by atoms with van der Waals surface area (Å²) >= 11 is 0. The molecule has 0 spiro atoms. The van der Waals surface area contributed by atoms with Gasteiger partial charge in [-0.2, -0.15) is 4.39 Å². The molecule has 1 aliphatic rings. The Kier molecular flexibility index (Phi) is 3.52. The molecular weight excluding hydrogens is 224 g/mol. The van der Waals surface area contributed by atoms with Crippen molar-refractivity contribution >= 4 is 12.4 Å². The fraction of sp³-hybridized carbons (Fsp3) is 0.400. The molecule has 2 rings (SSSR count). The smallest absolute Gasteiger partial charge is 0.200 e. The van der Waals surface area contributed by atoms with Crippen molar-refractivity contribution < 1.29 is 13.5 Å². The molecule has 2 nitrogen and oxygen atoms in total. The number of halogens is 3. The van der Waals surface area contributed by atoms with Crippen LogP contribution in [0.15, 0.2) is 6.07 Å². The Labute approximate surface area is 92.8 Å². The van der Waals surface area contributed by atoms with Crippen LogP contribution in [0.5, 0.6) is 5.75 Å². The first-order chi connectivity index (χ1) is 6.65. The molecule has 0 aromatic heterocycles. The summed E-state index contributed by atoms with van der Waals surface area (Å²) in [6, 6.07) is 0.971. The van der Waals surface area contributed by atoms with E-state index >= 15 is 0 Å². The van der Waals surface area contributed by atoms with E-state index < -0.39 is 11.6 Å². The third kappa shape index (κ3) is 1.79. The Bertz CT molecular complexity index is 384. The maximum absolute atomic E-state index is 13.2. The molecule has 1 aromatic carbocycles. The minimum Gasteiger partial charge on any atom is -0.493 e. The molecule has 0 unspecified atom stereocenters. The molecule has 0 saturated carbocycles. The summed E-state index contributed by atoms with van der Waals surface area (Å²) in [4.78, 5) is 0. The van der Waals surface area contributed by atoms with Crippen molar-refractivity contribution in [3.8, 4) is 5.75 Å². The molecular formula is C10H12ClF2NO. The summed E-state index contributed by atoms with van der Waals surface area (Å²) in [5.74, 6) is -1.80. The van der Waals surface area contributed by atoms with Crippen molar-refractivity contribution in [2.45, 2.75) is 18.9 Å². The van der Waals surface area contributed by atoms with E-state index in [0.717, 1.165) is 0 Å². The number of nitrogens with two attached hydrogens (primary N) is 1. The van der Waals surface area contributed by atoms with Crippen LogP contribution in [0.1, 0.15) is 23.6 Å². The molecule has 0 aliphatic heterocycles. The largest absolute Gasteiger partial charge is 0.493 e. The Hall–Kier alpha value is -0.870. The zero-order valence-electron chi connectivity index (χ0n) is 8.22. The molecule has 5 heteroatoms. The number of fused-ring (bicyclic) bond motifs is 1. The third-order valence-electron chi connectivity index (χ3n) is 2.62. The van der Waals surface area contributed by atoms with Gasteiger partial charge in [-0.25, -0.2) is 4.39 Å². The first kappa shape index (κ1) is 12.2. The van der Waals surface area contributed by atoms with Gasteiger partial charge in [0.15, 0.2) is 11.6 Å². The molecule has 0 amide bonds. The van der Waals surface area contributed by atoms with Gasteiger partial charge < -0.3 is 10.5 Å². The highest BCUT2D eigenvalue weighted by Gasteiger charge is 2.27. The van der Waals surface area contributed by atoms with E-state index in [1.807, 2.05) is 0 Å². The van der Waals surface area contributed by atoms with Gasteiger partial charge in [0, 0.05) is 11.6 Å². The number of hydrogen-bond donors (Lipinski definition) is 1. The summed E-state index contributed by atoms with van der Waals surface area (Å²) in [7, 11) is 1.34. The first-order valence-electron chi connectivity index (χ1n) is 4.45. The van der Waals surface area contributed by atoms with Crippen LogP contribution in [0.25, 0.3) is 0 Å². The highest BCUT2D eigenvalue weighted by atomic mass is 35.5. The second kappa shape index (κ2) is 4.33. The minimum absolute atomic E-state index is 0. The lowest BCUT2D eigenvalue weighted by Gasteiger charge is -2.10. The zero-order valence-corrected chi connectivity index (χ0v) is 9.04. The normalized spacial score (nSPS) is 18.3. The molecule has 0 saturated heterocycles. The summed E-state index contributed by atoms with van der Waals surface area (Å²) in [5.41, 5.74) is 7.12. The third-order valence-corrected chi connectivity index (χ3v) is 2.62. The van der Waals surface area contributed by atoms with Crippen LogP contribution < -0.4 is 10.5 Å². The van der Waals surface area contributed by atoms with E-state index in [1.54, 1.807) is 0 Å². The predicted molar refractivity (Wildman–Crippen MR) is 55.4 cm³/mol. The average molecular weight is 236 g/mol. The van der Waals surface area contributed by atoms with Gasteiger partial charge in [-0.15, -0.1) is 12.4 Å². The summed E-state index contributed by atoms with van der Waals surface area (Å²) in [5, 5.41) is 0. The highest BCUT2D eigenvalue weighted by molar-refractivity contribution is 5.85. The van der Waals surface area contributed by atoms with Gasteiger partial charge in [0.25, 0.3) is 0 Å². The van der Waals surface area contributed by atoms with Gasteiger partial charge in [0.2, 0.25) is 5.82 Å². The van der Waals surface area contributed by atoms with Gasteiger partial charge in [-0.3, -0.25) is 0 Å². The maximum Gasteiger partial charge on any atom is 0.200 e. The minimum atomic E-state index is -0.916. The SMILES string of the molecule is COc1c(F)c(F)cc2c1CC[C@H]2N.Cl. The molecule has 1 aliphatic carbocycles. The lowest BCUT2D eigenvalue weighted by molar-refractivity contribution is 0.367. The van der Waals surface area contributed by atoms with E-state index in [0.29, 0.717) is 24.0 Å². The Morgan fingerprint density at radius 3 is 2.73 bits per heavy atom. The molecule has 1 aromatic rings. The van der Waals surface area contributed by atoms with E-state index in [-0.39, 0.29) is 24.2 Å². The van der Waals surface area contributed by atoms with E-state index in [1.165, 1.54) is 13.2 Å². The first-order valence-corrected chi connectivity index (χ1v) is 4.45. The second-order valence-electron chi connectivity index (χ2n) is 3.42. The summed E-state index contributed by atoms with van der Waals surface area (Å²) < 4.78 is 31.2. The molecule has 0 heterocycles. The Morgan fingerprint density at radius 1 is 1.47 bits per heavy atom. The quantitative estimate of drug-likeness (QED) is 0.811. The van der Waals surface area contributed by atoms with Crippen molar-refractivity contribution in [2.24, 2.45) is 5.73 Å². The van der Waals surface area contributed by atoms with E-state index in [9.17, 15) is 8.78 Å². The van der Waals surface area contributed by atoms with Crippen molar-refractivity contribution in [1.29, 1.82) is 0 Å². The monoisotopic (exact) mass is 235 g/mol. The van der Waals surface area contributed by atoms with Crippen LogP contribution in [-0.4, -0.2) is 7.11 Å². The van der Waals surface area contributed by atoms with Crippen LogP contribution in [-0.2, 0) is 6.42 Å². The number of rotatable bonds is 1. The molecule has 1 atom stereocenters. The number of ether oxygens (including phenoxy) is 1. The summed E-state index contributed by atoms with van der Waals surface area (Å²) in [6.07, 6.45) is 1.37. The molecule has 0 bridgehead atoms. The van der Waals surface area contributed by atoms with Crippen molar-refractivity contribution in [3.05, 3.63) is 28.8 Å². The van der Waals surface area contributed by atoms with Crippen molar-refractivity contribution in [1.82, 2.24) is 0 Å². The lowest BCUT2D eigenvalue weighted by Crippen LogP contribution is -2.06. The number of methoxy groups -OCH3 is 1. The van der Waals surface area contributed by atoms with Crippen LogP contribution in [0, 0.1) is 11.6 Å². The van der Waals surface area contributed by atoms with E-state index in [2.05, 4.69) is 0 Å². The predicted octanol–water partition coefficient (Wildman–Crippen LogP) is 2.34. The molecule has 2 N–H and O–H groups in total. The zero-order chi connectivity index (χ0) is 10.3. The van der Waals surface area contributed by atoms with Gasteiger partial charge in [0.1, 0.15) is 0 Å². The van der Waals surface area contributed by atoms with Crippen LogP contribution in [0.2, 0.25) is 0 Å². The molecule has 15 heavy (non-hydrogen) atoms. The molecule has 0 radical (unpaired) electrons. The van der Waals surface area contributed by atoms with Crippen LogP contribution >= 0.6 is 12.4 Å². The van der Waals surface area contributed by atoms with Gasteiger partial charge in [-0.1, -0.05) is 0 Å². The highest BCUT2D eigenvalue weighted by Crippen LogP contribution is 2.38. The standard InChI is InChI=1S/C10H11F2NO.ClH/c1-14-10-5-2-3-8(13)6(5)4-7(11)9(10)12;/h4,8H,2-3,13H2,1H3;1H/t8-;/m1./s1. The van der Waals surface area contributed by atoms with Gasteiger partial charge in [0.05, 0.1) is 7.11 Å². The second-order valence-corrected chi connectivity index (χ2v) is 3.42. The average Bonchev–Trinajstić information content (AvgIpc) is 2.51. The fourth-order valence-corrected chi connectivity index (χ4v) is 1.92. The Morgan fingerprint density at radius 2 is 2.13 bits per heavy atom. The van der Waals surface area contributed by atoms with Crippen LogP contribution in [0.3, 0.4) is 0 Å². The summed E-state index contributed by atoms with van der Waals surface area (Å²) in [6.45, 7) is 0. The van der Waals surface area contributed by atoms with Gasteiger partial charge >= 0.3 is 0 Å². The molecule has 0 fully saturated rings. The lowest BCUT2D eigenvalue weighted by atomic mass is 10.1. The van der Waals surface area contributed by atoms with E-state index in [4.69, 9.17) is 10.5 Å². The number of benzene rings is 1. The van der Waals surface area contributed by atoms with Crippen LogP contribution in [0.4, 0.5) is 8.78 Å². The molecule has 84 valence electrons. The topological polar surface area (TPSA) is 35.2 Å². The van der Waals surface area contributed by atoms with Crippen molar-refractivity contribution in [3.63, 3.8) is 0 Å². The van der Waals surface area contributed by atoms with Gasteiger partial charge in [-0.05, 0) is 24.5 Å². The fourth-order valence-electron chi connectivity index (χ4n) is 1.92. The Balaban J connectivity index is 0.00000112. The maximum atomic E-state index is 13.2. The van der Waals surface area contributed by atoms with Crippen molar-refractivity contribution in [2.75, 3.05) is 7.11 Å².